The SMILES string of the molecule is Fc1ccc(Sc2nccc(C(F)(F)F)n2)cc1F. The molecule has 0 atom stereocenters. The number of hydrogen-bond donors (Lipinski definition) is 0. The van der Waals surface area contributed by atoms with Crippen LogP contribution >= 0.6 is 11.8 Å². The number of halogens is 5. The normalized spacial score (nSPS) is 11.6. The van der Waals surface area contributed by atoms with Gasteiger partial charge in [-0.25, -0.2) is 18.7 Å². The van der Waals surface area contributed by atoms with Gasteiger partial charge in [0.1, 0.15) is 5.69 Å². The molecule has 0 aliphatic carbocycles. The fourth-order valence-electron chi connectivity index (χ4n) is 1.19. The molecule has 1 aromatic carbocycles. The molecule has 0 aliphatic rings. The Morgan fingerprint density at radius 2 is 1.74 bits per heavy atom. The van der Waals surface area contributed by atoms with Crippen molar-refractivity contribution in [3.8, 4) is 0 Å². The first kappa shape index (κ1) is 13.7. The number of nitrogens with zero attached hydrogens (tertiary/aromatic N) is 2. The van der Waals surface area contributed by atoms with Crippen molar-refractivity contribution in [2.24, 2.45) is 0 Å². The van der Waals surface area contributed by atoms with Gasteiger partial charge in [-0.15, -0.1) is 0 Å². The maximum atomic E-state index is 12.9. The van der Waals surface area contributed by atoms with E-state index in [0.29, 0.717) is 11.8 Å². The van der Waals surface area contributed by atoms with Crippen LogP contribution in [-0.4, -0.2) is 9.97 Å². The minimum Gasteiger partial charge on any atom is -0.231 e. The second kappa shape index (κ2) is 5.12. The molecular formula is C11H5F5N2S. The van der Waals surface area contributed by atoms with E-state index in [2.05, 4.69) is 9.97 Å². The number of alkyl halides is 3. The molecule has 0 spiro atoms. The lowest BCUT2D eigenvalue weighted by Crippen LogP contribution is -2.08. The third-order valence-electron chi connectivity index (χ3n) is 2.02. The first-order chi connectivity index (χ1) is 8.86. The molecule has 0 bridgehead atoms. The van der Waals surface area contributed by atoms with Crippen molar-refractivity contribution in [2.75, 3.05) is 0 Å². The summed E-state index contributed by atoms with van der Waals surface area (Å²) in [5.74, 6) is -2.12. The molecule has 100 valence electrons. The molecule has 0 aliphatic heterocycles. The summed E-state index contributed by atoms with van der Waals surface area (Å²) in [5, 5.41) is -0.194. The predicted octanol–water partition coefficient (Wildman–Crippen LogP) is 3.92. The Balaban J connectivity index is 2.26. The van der Waals surface area contributed by atoms with Crippen molar-refractivity contribution in [1.29, 1.82) is 0 Å². The monoisotopic (exact) mass is 292 g/mol. The Labute approximate surface area is 108 Å². The zero-order valence-electron chi connectivity index (χ0n) is 9.08. The molecule has 0 saturated heterocycles. The van der Waals surface area contributed by atoms with Crippen LogP contribution in [0.5, 0.6) is 0 Å². The highest BCUT2D eigenvalue weighted by atomic mass is 32.2. The second-order valence-corrected chi connectivity index (χ2v) is 4.44. The van der Waals surface area contributed by atoms with Gasteiger partial charge in [0.05, 0.1) is 0 Å². The van der Waals surface area contributed by atoms with Gasteiger partial charge in [0.2, 0.25) is 0 Å². The van der Waals surface area contributed by atoms with Crippen LogP contribution in [0.15, 0.2) is 40.5 Å². The standard InChI is InChI=1S/C11H5F5N2S/c12-7-2-1-6(5-8(7)13)19-10-17-4-3-9(18-10)11(14,15)16/h1-5H. The zero-order chi connectivity index (χ0) is 14.0. The summed E-state index contributed by atoms with van der Waals surface area (Å²) in [7, 11) is 0. The fourth-order valence-corrected chi connectivity index (χ4v) is 1.96. The molecule has 0 radical (unpaired) electrons. The Morgan fingerprint density at radius 1 is 1.00 bits per heavy atom. The van der Waals surface area contributed by atoms with Crippen molar-refractivity contribution in [2.45, 2.75) is 16.2 Å². The van der Waals surface area contributed by atoms with Crippen molar-refractivity contribution in [3.05, 3.63) is 47.8 Å². The molecule has 2 aromatic rings. The predicted molar refractivity (Wildman–Crippen MR) is 57.5 cm³/mol. The van der Waals surface area contributed by atoms with E-state index >= 15 is 0 Å². The van der Waals surface area contributed by atoms with Crippen LogP contribution in [-0.2, 0) is 6.18 Å². The number of benzene rings is 1. The molecule has 0 N–H and O–H groups in total. The van der Waals surface area contributed by atoms with E-state index in [1.807, 2.05) is 0 Å². The summed E-state index contributed by atoms with van der Waals surface area (Å²) in [6.45, 7) is 0. The Bertz CT molecular complexity index is 600. The quantitative estimate of drug-likeness (QED) is 0.619. The van der Waals surface area contributed by atoms with Crippen molar-refractivity contribution in [1.82, 2.24) is 9.97 Å². The third-order valence-corrected chi connectivity index (χ3v) is 2.89. The summed E-state index contributed by atoms with van der Waals surface area (Å²) < 4.78 is 62.9. The third kappa shape index (κ3) is 3.40. The van der Waals surface area contributed by atoms with E-state index in [0.717, 1.165) is 24.4 Å². The average Bonchev–Trinajstić information content (AvgIpc) is 2.33. The summed E-state index contributed by atoms with van der Waals surface area (Å²) in [6.07, 6.45) is -3.62. The number of rotatable bonds is 2. The van der Waals surface area contributed by atoms with Crippen molar-refractivity contribution >= 4 is 11.8 Å². The molecular weight excluding hydrogens is 287 g/mol. The van der Waals surface area contributed by atoms with E-state index in [-0.39, 0.29) is 10.1 Å². The van der Waals surface area contributed by atoms with Gasteiger partial charge in [0, 0.05) is 11.1 Å². The van der Waals surface area contributed by atoms with Gasteiger partial charge >= 0.3 is 6.18 Å². The minimum atomic E-state index is -4.58. The molecule has 1 heterocycles. The maximum Gasteiger partial charge on any atom is 0.433 e. The minimum absolute atomic E-state index is 0.194. The maximum absolute atomic E-state index is 12.9. The Morgan fingerprint density at radius 3 is 2.37 bits per heavy atom. The highest BCUT2D eigenvalue weighted by Crippen LogP contribution is 2.30. The molecule has 19 heavy (non-hydrogen) atoms. The van der Waals surface area contributed by atoms with Crippen LogP contribution in [0, 0.1) is 11.6 Å². The van der Waals surface area contributed by atoms with Crippen molar-refractivity contribution < 1.29 is 22.0 Å². The van der Waals surface area contributed by atoms with Crippen molar-refractivity contribution in [3.63, 3.8) is 0 Å². The summed E-state index contributed by atoms with van der Waals surface area (Å²) >= 11 is 0.712. The highest BCUT2D eigenvalue weighted by Gasteiger charge is 2.32. The van der Waals surface area contributed by atoms with Crippen LogP contribution in [0.2, 0.25) is 0 Å². The van der Waals surface area contributed by atoms with Gasteiger partial charge < -0.3 is 0 Å². The summed E-state index contributed by atoms with van der Waals surface area (Å²) in [4.78, 5) is 7.14. The molecule has 0 fully saturated rings. The molecule has 2 rings (SSSR count). The molecule has 8 heteroatoms. The van der Waals surface area contributed by atoms with Crippen LogP contribution in [0.25, 0.3) is 0 Å². The van der Waals surface area contributed by atoms with Gasteiger partial charge in [-0.1, -0.05) is 0 Å². The van der Waals surface area contributed by atoms with Gasteiger partial charge in [-0.3, -0.25) is 0 Å². The summed E-state index contributed by atoms with van der Waals surface area (Å²) in [5.41, 5.74) is -1.09. The number of aromatic nitrogens is 2. The van der Waals surface area contributed by atoms with Gasteiger partial charge in [0.25, 0.3) is 0 Å². The first-order valence-electron chi connectivity index (χ1n) is 4.89. The van der Waals surface area contributed by atoms with Crippen LogP contribution in [0.3, 0.4) is 0 Å². The average molecular weight is 292 g/mol. The summed E-state index contributed by atoms with van der Waals surface area (Å²) in [6, 6.07) is 3.71. The second-order valence-electron chi connectivity index (χ2n) is 3.40. The van der Waals surface area contributed by atoms with E-state index < -0.39 is 23.5 Å². The Hall–Kier alpha value is -1.70. The number of hydrogen-bond acceptors (Lipinski definition) is 3. The van der Waals surface area contributed by atoms with Gasteiger partial charge in [0.15, 0.2) is 16.8 Å². The van der Waals surface area contributed by atoms with Gasteiger partial charge in [-0.05, 0) is 36.0 Å². The largest absolute Gasteiger partial charge is 0.433 e. The lowest BCUT2D eigenvalue weighted by atomic mass is 10.3. The smallest absolute Gasteiger partial charge is 0.231 e. The van der Waals surface area contributed by atoms with Crippen LogP contribution in [0.1, 0.15) is 5.69 Å². The van der Waals surface area contributed by atoms with E-state index in [1.165, 1.54) is 6.07 Å². The van der Waals surface area contributed by atoms with E-state index in [9.17, 15) is 22.0 Å². The lowest BCUT2D eigenvalue weighted by Gasteiger charge is -2.06. The zero-order valence-corrected chi connectivity index (χ0v) is 9.90. The molecule has 0 unspecified atom stereocenters. The van der Waals surface area contributed by atoms with E-state index in [1.54, 1.807) is 0 Å². The van der Waals surface area contributed by atoms with E-state index in [4.69, 9.17) is 0 Å². The van der Waals surface area contributed by atoms with Crippen LogP contribution < -0.4 is 0 Å². The molecule has 2 nitrogen and oxygen atoms in total. The molecule has 0 amide bonds. The molecule has 1 aromatic heterocycles. The van der Waals surface area contributed by atoms with Crippen LogP contribution in [0.4, 0.5) is 22.0 Å². The highest BCUT2D eigenvalue weighted by molar-refractivity contribution is 7.99. The lowest BCUT2D eigenvalue weighted by molar-refractivity contribution is -0.141. The Kier molecular flexibility index (Phi) is 3.70. The first-order valence-corrected chi connectivity index (χ1v) is 5.71. The molecule has 0 saturated carbocycles. The fraction of sp³-hybridized carbons (Fsp3) is 0.0909. The van der Waals surface area contributed by atoms with Gasteiger partial charge in [-0.2, -0.15) is 13.2 Å². The topological polar surface area (TPSA) is 25.8 Å².